The number of amides is 1. The smallest absolute Gasteiger partial charge is 0.278 e. The molecule has 4 rings (SSSR count). The molecule has 2 aromatic carbocycles. The zero-order chi connectivity index (χ0) is 19.5. The van der Waals surface area contributed by atoms with E-state index in [0.29, 0.717) is 27.4 Å². The molecule has 0 saturated carbocycles. The fraction of sp³-hybridized carbons (Fsp3) is 0.364. The number of aliphatic imine (C=N–C) groups is 1. The predicted molar refractivity (Wildman–Crippen MR) is 113 cm³/mol. The van der Waals surface area contributed by atoms with Crippen LogP contribution in [0.5, 0.6) is 0 Å². The Hall–Kier alpha value is -1.84. The number of anilines is 1. The zero-order valence-corrected chi connectivity index (χ0v) is 17.4. The monoisotopic (exact) mass is 400 g/mol. The van der Waals surface area contributed by atoms with Gasteiger partial charge in [-0.25, -0.2) is 4.99 Å². The van der Waals surface area contributed by atoms with E-state index >= 15 is 0 Å². The van der Waals surface area contributed by atoms with Crippen molar-refractivity contribution < 1.29 is 4.79 Å². The van der Waals surface area contributed by atoms with Gasteiger partial charge >= 0.3 is 0 Å². The second kappa shape index (κ2) is 6.35. The molecule has 2 aromatic rings. The van der Waals surface area contributed by atoms with Gasteiger partial charge < -0.3 is 4.90 Å². The molecule has 1 atom stereocenters. The van der Waals surface area contributed by atoms with E-state index < -0.39 is 0 Å². The summed E-state index contributed by atoms with van der Waals surface area (Å²) >= 11 is 12.2. The van der Waals surface area contributed by atoms with Crippen LogP contribution in [0.3, 0.4) is 0 Å². The van der Waals surface area contributed by atoms with Crippen LogP contribution in [-0.4, -0.2) is 17.2 Å². The first-order chi connectivity index (χ1) is 12.7. The van der Waals surface area contributed by atoms with Crippen LogP contribution >= 0.6 is 23.2 Å². The Balaban J connectivity index is 1.96. The molecule has 0 radical (unpaired) electrons. The fourth-order valence-electron chi connectivity index (χ4n) is 4.37. The summed E-state index contributed by atoms with van der Waals surface area (Å²) in [5.74, 6) is 0.358. The predicted octanol–water partition coefficient (Wildman–Crippen LogP) is 6.31. The van der Waals surface area contributed by atoms with Crippen molar-refractivity contribution in [1.82, 2.24) is 0 Å². The summed E-state index contributed by atoms with van der Waals surface area (Å²) in [6.07, 6.45) is 1.85. The van der Waals surface area contributed by atoms with E-state index in [1.165, 1.54) is 11.1 Å². The maximum atomic E-state index is 13.4. The van der Waals surface area contributed by atoms with Crippen molar-refractivity contribution in [3.05, 3.63) is 57.1 Å². The van der Waals surface area contributed by atoms with Crippen molar-refractivity contribution in [1.29, 1.82) is 0 Å². The van der Waals surface area contributed by atoms with Crippen LogP contribution < -0.4 is 4.90 Å². The van der Waals surface area contributed by atoms with Gasteiger partial charge in [0.25, 0.3) is 5.91 Å². The third-order valence-corrected chi connectivity index (χ3v) is 6.32. The molecule has 1 amide bonds. The van der Waals surface area contributed by atoms with E-state index in [1.54, 1.807) is 18.2 Å². The van der Waals surface area contributed by atoms with Gasteiger partial charge in [0.05, 0.1) is 21.4 Å². The number of halogens is 2. The Labute approximate surface area is 170 Å². The Bertz CT molecular complexity index is 994. The Morgan fingerprint density at radius 2 is 1.93 bits per heavy atom. The maximum Gasteiger partial charge on any atom is 0.278 e. The summed E-state index contributed by atoms with van der Waals surface area (Å²) in [5, 5.41) is 0.908. The van der Waals surface area contributed by atoms with E-state index in [-0.39, 0.29) is 11.4 Å². The highest BCUT2D eigenvalue weighted by Crippen LogP contribution is 2.49. The average Bonchev–Trinajstić information content (AvgIpc) is 2.89. The normalized spacial score (nSPS) is 21.7. The molecule has 3 nitrogen and oxygen atoms in total. The average molecular weight is 401 g/mol. The highest BCUT2D eigenvalue weighted by molar-refractivity contribution is 6.55. The third kappa shape index (κ3) is 2.88. The highest BCUT2D eigenvalue weighted by Gasteiger charge is 2.48. The Morgan fingerprint density at radius 3 is 2.59 bits per heavy atom. The summed E-state index contributed by atoms with van der Waals surface area (Å²) in [5.41, 5.74) is 5.31. The molecule has 0 saturated heterocycles. The molecule has 0 fully saturated rings. The molecule has 27 heavy (non-hydrogen) atoms. The lowest BCUT2D eigenvalue weighted by atomic mass is 9.79. The fourth-order valence-corrected chi connectivity index (χ4v) is 4.66. The summed E-state index contributed by atoms with van der Waals surface area (Å²) in [7, 11) is 0. The van der Waals surface area contributed by atoms with Gasteiger partial charge in [-0.2, -0.15) is 0 Å². The topological polar surface area (TPSA) is 32.7 Å². The lowest BCUT2D eigenvalue weighted by Gasteiger charge is -2.43. The van der Waals surface area contributed by atoms with E-state index in [0.717, 1.165) is 24.1 Å². The van der Waals surface area contributed by atoms with Gasteiger partial charge in [0.1, 0.15) is 5.71 Å². The molecule has 2 aliphatic rings. The van der Waals surface area contributed by atoms with Crippen LogP contribution in [0.15, 0.2) is 35.3 Å². The van der Waals surface area contributed by atoms with Crippen molar-refractivity contribution in [3.8, 4) is 0 Å². The zero-order valence-electron chi connectivity index (χ0n) is 15.9. The SMILES string of the molecule is CCc1cc2c3c(c1)[C@@H](C)CC(C)(C)N3C(=O)C2=Nc1ccc(Cl)c(Cl)c1. The first kappa shape index (κ1) is 18.5. The molecule has 0 aliphatic carbocycles. The molecule has 0 bridgehead atoms. The molecule has 140 valence electrons. The number of hydrogen-bond donors (Lipinski definition) is 0. The molecule has 2 heterocycles. The standard InChI is InChI=1S/C22H22Cl2N2O/c1-5-13-8-15-12(2)11-22(3,4)26-20(15)16(9-13)19(21(26)27)25-14-6-7-17(23)18(24)10-14/h6-10,12H,5,11H2,1-4H3/t12-/m0/s1. The van der Waals surface area contributed by atoms with Crippen LogP contribution in [0.2, 0.25) is 10.0 Å². The molecule has 0 N–H and O–H groups in total. The lowest BCUT2D eigenvalue weighted by Crippen LogP contribution is -2.50. The van der Waals surface area contributed by atoms with Crippen molar-refractivity contribution in [3.63, 3.8) is 0 Å². The van der Waals surface area contributed by atoms with E-state index in [9.17, 15) is 4.79 Å². The third-order valence-electron chi connectivity index (χ3n) is 5.58. The molecule has 0 spiro atoms. The van der Waals surface area contributed by atoms with Gasteiger partial charge in [-0.15, -0.1) is 0 Å². The van der Waals surface area contributed by atoms with Crippen LogP contribution in [0.1, 0.15) is 56.7 Å². The van der Waals surface area contributed by atoms with E-state index in [4.69, 9.17) is 28.2 Å². The number of aryl methyl sites for hydroxylation is 1. The van der Waals surface area contributed by atoms with Gasteiger partial charge in [-0.05, 0) is 68.0 Å². The minimum Gasteiger partial charge on any atom is -0.300 e. The molecular weight excluding hydrogens is 379 g/mol. The summed E-state index contributed by atoms with van der Waals surface area (Å²) < 4.78 is 0. The highest BCUT2D eigenvalue weighted by atomic mass is 35.5. The number of carbonyl (C=O) groups is 1. The summed E-state index contributed by atoms with van der Waals surface area (Å²) in [4.78, 5) is 20.0. The maximum absolute atomic E-state index is 13.4. The van der Waals surface area contributed by atoms with E-state index in [2.05, 4.69) is 39.8 Å². The van der Waals surface area contributed by atoms with Crippen LogP contribution in [0.25, 0.3) is 0 Å². The van der Waals surface area contributed by atoms with Gasteiger partial charge in [0.15, 0.2) is 0 Å². The largest absolute Gasteiger partial charge is 0.300 e. The quantitative estimate of drug-likeness (QED) is 0.581. The first-order valence-electron chi connectivity index (χ1n) is 9.28. The van der Waals surface area contributed by atoms with Crippen molar-refractivity contribution in [2.24, 2.45) is 4.99 Å². The van der Waals surface area contributed by atoms with Gasteiger partial charge in [-0.3, -0.25) is 4.79 Å². The number of rotatable bonds is 2. The molecule has 0 aromatic heterocycles. The van der Waals surface area contributed by atoms with Crippen molar-refractivity contribution >= 4 is 46.2 Å². The number of benzene rings is 2. The van der Waals surface area contributed by atoms with E-state index in [1.807, 2.05) is 4.90 Å². The van der Waals surface area contributed by atoms with Crippen molar-refractivity contribution in [2.75, 3.05) is 4.90 Å². The number of nitrogens with zero attached hydrogens (tertiary/aromatic N) is 2. The molecule has 0 unspecified atom stereocenters. The first-order valence-corrected chi connectivity index (χ1v) is 10.0. The second-order valence-electron chi connectivity index (χ2n) is 8.05. The molecule has 2 aliphatic heterocycles. The lowest BCUT2D eigenvalue weighted by molar-refractivity contribution is -0.113. The summed E-state index contributed by atoms with van der Waals surface area (Å²) in [6, 6.07) is 9.56. The van der Waals surface area contributed by atoms with Crippen LogP contribution in [0.4, 0.5) is 11.4 Å². The van der Waals surface area contributed by atoms with Crippen molar-refractivity contribution in [2.45, 2.75) is 52.0 Å². The minimum absolute atomic E-state index is 0.0394. The summed E-state index contributed by atoms with van der Waals surface area (Å²) in [6.45, 7) is 8.64. The van der Waals surface area contributed by atoms with Gasteiger partial charge in [-0.1, -0.05) is 43.1 Å². The van der Waals surface area contributed by atoms with Gasteiger partial charge in [0, 0.05) is 11.1 Å². The molecular formula is C22H22Cl2N2O. The van der Waals surface area contributed by atoms with Crippen LogP contribution in [-0.2, 0) is 11.2 Å². The van der Waals surface area contributed by atoms with Gasteiger partial charge in [0.2, 0.25) is 0 Å². The Kier molecular flexibility index (Phi) is 4.36. The number of hydrogen-bond acceptors (Lipinski definition) is 2. The molecule has 5 heteroatoms. The van der Waals surface area contributed by atoms with Crippen LogP contribution in [0, 0.1) is 0 Å². The number of carbonyl (C=O) groups excluding carboxylic acids is 1. The minimum atomic E-state index is -0.249. The second-order valence-corrected chi connectivity index (χ2v) is 8.87. The Morgan fingerprint density at radius 1 is 1.19 bits per heavy atom.